The van der Waals surface area contributed by atoms with Gasteiger partial charge in [0.25, 0.3) is 0 Å². The second kappa shape index (κ2) is 6.40. The number of hydrogen-bond donors (Lipinski definition) is 2. The van der Waals surface area contributed by atoms with Crippen LogP contribution in [0.2, 0.25) is 0 Å². The first-order chi connectivity index (χ1) is 9.13. The molecule has 1 saturated heterocycles. The Morgan fingerprint density at radius 3 is 2.58 bits per heavy atom. The Balaban J connectivity index is 2.30. The van der Waals surface area contributed by atoms with E-state index in [0.717, 1.165) is 43.7 Å². The van der Waals surface area contributed by atoms with E-state index >= 15 is 0 Å². The molecule has 0 radical (unpaired) electrons. The Kier molecular flexibility index (Phi) is 4.83. The van der Waals surface area contributed by atoms with Crippen LogP contribution in [0.3, 0.4) is 0 Å². The van der Waals surface area contributed by atoms with Gasteiger partial charge in [-0.15, -0.1) is 0 Å². The molecule has 19 heavy (non-hydrogen) atoms. The minimum absolute atomic E-state index is 0.327. The van der Waals surface area contributed by atoms with Crippen LogP contribution in [0.1, 0.15) is 37.4 Å². The van der Waals surface area contributed by atoms with Crippen molar-refractivity contribution in [3.8, 4) is 5.75 Å². The molecule has 2 atom stereocenters. The van der Waals surface area contributed by atoms with E-state index in [9.17, 15) is 5.11 Å². The molecule has 1 heterocycles. The van der Waals surface area contributed by atoms with Crippen molar-refractivity contribution in [3.05, 3.63) is 29.3 Å². The molecule has 1 unspecified atom stereocenters. The van der Waals surface area contributed by atoms with E-state index in [1.54, 1.807) is 0 Å². The maximum Gasteiger partial charge on any atom is 0.120 e. The summed E-state index contributed by atoms with van der Waals surface area (Å²) in [6, 6.07) is 6.41. The molecular weight excluding hydrogens is 236 g/mol. The number of rotatable bonds is 4. The van der Waals surface area contributed by atoms with Crippen LogP contribution in [0, 0.1) is 12.8 Å². The van der Waals surface area contributed by atoms with Crippen LogP contribution in [0.15, 0.2) is 18.2 Å². The molecule has 1 aromatic rings. The Morgan fingerprint density at radius 1 is 1.32 bits per heavy atom. The summed E-state index contributed by atoms with van der Waals surface area (Å²) in [6.45, 7) is 10.7. The number of nitrogens with zero attached hydrogens (tertiary/aromatic N) is 1. The van der Waals surface area contributed by atoms with Crippen molar-refractivity contribution in [2.45, 2.75) is 33.2 Å². The van der Waals surface area contributed by atoms with Gasteiger partial charge in [-0.25, -0.2) is 0 Å². The number of phenols is 1. The minimum atomic E-state index is 0.327. The molecule has 2 rings (SSSR count). The zero-order valence-corrected chi connectivity index (χ0v) is 12.3. The summed E-state index contributed by atoms with van der Waals surface area (Å²) < 4.78 is 0. The van der Waals surface area contributed by atoms with Gasteiger partial charge in [-0.05, 0) is 24.5 Å². The van der Waals surface area contributed by atoms with Gasteiger partial charge in [0.15, 0.2) is 0 Å². The van der Waals surface area contributed by atoms with Gasteiger partial charge in [0.1, 0.15) is 5.75 Å². The van der Waals surface area contributed by atoms with Crippen molar-refractivity contribution in [2.75, 3.05) is 26.2 Å². The van der Waals surface area contributed by atoms with Gasteiger partial charge < -0.3 is 10.4 Å². The van der Waals surface area contributed by atoms with Crippen LogP contribution in [0.25, 0.3) is 0 Å². The molecule has 2 N–H and O–H groups in total. The molecule has 0 aromatic heterocycles. The number of aryl methyl sites for hydroxylation is 1. The highest BCUT2D eigenvalue weighted by Gasteiger charge is 2.28. The zero-order valence-electron chi connectivity index (χ0n) is 12.3. The Bertz CT molecular complexity index is 413. The average molecular weight is 262 g/mol. The first-order valence-electron chi connectivity index (χ1n) is 7.37. The third kappa shape index (κ3) is 3.28. The largest absolute Gasteiger partial charge is 0.508 e. The summed E-state index contributed by atoms with van der Waals surface area (Å²) in [5.74, 6) is 0.996. The molecule has 106 valence electrons. The molecule has 1 aromatic carbocycles. The first kappa shape index (κ1) is 14.4. The van der Waals surface area contributed by atoms with E-state index in [0.29, 0.717) is 17.7 Å². The van der Waals surface area contributed by atoms with Crippen LogP contribution in [0.5, 0.6) is 5.75 Å². The summed E-state index contributed by atoms with van der Waals surface area (Å²) in [5.41, 5.74) is 2.20. The van der Waals surface area contributed by atoms with Crippen molar-refractivity contribution in [1.82, 2.24) is 10.2 Å². The maximum atomic E-state index is 10.3. The number of aromatic hydroxyl groups is 1. The number of hydrogen-bond acceptors (Lipinski definition) is 3. The fourth-order valence-corrected chi connectivity index (χ4v) is 2.95. The molecular formula is C16H26N2O. The number of phenolic OH excluding ortho intramolecular Hbond substituents is 1. The van der Waals surface area contributed by atoms with Crippen LogP contribution in [-0.2, 0) is 0 Å². The topological polar surface area (TPSA) is 35.5 Å². The second-order valence-electron chi connectivity index (χ2n) is 5.68. The predicted molar refractivity (Wildman–Crippen MR) is 79.5 cm³/mol. The van der Waals surface area contributed by atoms with E-state index in [2.05, 4.69) is 36.2 Å². The van der Waals surface area contributed by atoms with Gasteiger partial charge in [-0.3, -0.25) is 4.90 Å². The van der Waals surface area contributed by atoms with Crippen molar-refractivity contribution in [1.29, 1.82) is 0 Å². The van der Waals surface area contributed by atoms with Gasteiger partial charge in [0.05, 0.1) is 0 Å². The molecule has 0 aliphatic carbocycles. The van der Waals surface area contributed by atoms with Crippen molar-refractivity contribution in [2.24, 2.45) is 5.92 Å². The summed E-state index contributed by atoms with van der Waals surface area (Å²) >= 11 is 0. The van der Waals surface area contributed by atoms with Gasteiger partial charge in [0, 0.05) is 37.8 Å². The lowest BCUT2D eigenvalue weighted by Crippen LogP contribution is -2.46. The summed E-state index contributed by atoms with van der Waals surface area (Å²) in [4.78, 5) is 2.51. The molecule has 1 aliphatic heterocycles. The zero-order chi connectivity index (χ0) is 13.8. The quantitative estimate of drug-likeness (QED) is 0.876. The lowest BCUT2D eigenvalue weighted by Gasteiger charge is -2.38. The monoisotopic (exact) mass is 262 g/mol. The predicted octanol–water partition coefficient (Wildman–Crippen LogP) is 2.69. The van der Waals surface area contributed by atoms with Crippen molar-refractivity contribution >= 4 is 0 Å². The summed E-state index contributed by atoms with van der Waals surface area (Å²) in [6.07, 6.45) is 1.13. The molecule has 0 spiro atoms. The molecule has 1 aliphatic rings. The minimum Gasteiger partial charge on any atom is -0.508 e. The van der Waals surface area contributed by atoms with E-state index < -0.39 is 0 Å². The second-order valence-corrected chi connectivity index (χ2v) is 5.68. The van der Waals surface area contributed by atoms with Gasteiger partial charge in [-0.2, -0.15) is 0 Å². The normalized spacial score (nSPS) is 20.2. The average Bonchev–Trinajstić information content (AvgIpc) is 2.42. The number of benzene rings is 1. The van der Waals surface area contributed by atoms with Crippen molar-refractivity contribution < 1.29 is 5.11 Å². The molecule has 0 bridgehead atoms. The molecule has 0 amide bonds. The molecule has 1 fully saturated rings. The third-order valence-corrected chi connectivity index (χ3v) is 4.23. The molecule has 3 heteroatoms. The maximum absolute atomic E-state index is 10.3. The first-order valence-corrected chi connectivity index (χ1v) is 7.37. The fraction of sp³-hybridized carbons (Fsp3) is 0.625. The van der Waals surface area contributed by atoms with Crippen LogP contribution in [-0.4, -0.2) is 36.2 Å². The summed E-state index contributed by atoms with van der Waals surface area (Å²) in [7, 11) is 0. The Hall–Kier alpha value is -1.06. The lowest BCUT2D eigenvalue weighted by atomic mass is 9.89. The number of piperazine rings is 1. The smallest absolute Gasteiger partial charge is 0.120 e. The van der Waals surface area contributed by atoms with Crippen LogP contribution < -0.4 is 5.32 Å². The Morgan fingerprint density at radius 2 is 2.00 bits per heavy atom. The van der Waals surface area contributed by atoms with Gasteiger partial charge >= 0.3 is 0 Å². The van der Waals surface area contributed by atoms with Gasteiger partial charge in [-0.1, -0.05) is 32.4 Å². The van der Waals surface area contributed by atoms with Gasteiger partial charge in [0.2, 0.25) is 0 Å². The highest BCUT2D eigenvalue weighted by atomic mass is 16.3. The number of nitrogens with one attached hydrogen (secondary N) is 1. The highest BCUT2D eigenvalue weighted by Crippen LogP contribution is 2.36. The highest BCUT2D eigenvalue weighted by molar-refractivity contribution is 5.38. The molecule has 0 saturated carbocycles. The van der Waals surface area contributed by atoms with E-state index in [1.165, 1.54) is 0 Å². The van der Waals surface area contributed by atoms with E-state index in [-0.39, 0.29) is 0 Å². The van der Waals surface area contributed by atoms with E-state index in [4.69, 9.17) is 0 Å². The SMILES string of the molecule is CCC(C)[C@H](c1ccc(C)cc1O)N1CCNCC1. The fourth-order valence-electron chi connectivity index (χ4n) is 2.95. The van der Waals surface area contributed by atoms with Crippen LogP contribution >= 0.6 is 0 Å². The third-order valence-electron chi connectivity index (χ3n) is 4.23. The summed E-state index contributed by atoms with van der Waals surface area (Å²) in [5, 5.41) is 13.7. The standard InChI is InChI=1S/C16H26N2O/c1-4-13(3)16(18-9-7-17-8-10-18)14-6-5-12(2)11-15(14)19/h5-6,11,13,16-17,19H,4,7-10H2,1-3H3/t13?,16-/m1/s1. The van der Waals surface area contributed by atoms with E-state index in [1.807, 2.05) is 13.0 Å². The Labute approximate surface area is 116 Å². The lowest BCUT2D eigenvalue weighted by molar-refractivity contribution is 0.126. The van der Waals surface area contributed by atoms with Crippen molar-refractivity contribution in [3.63, 3.8) is 0 Å². The molecule has 3 nitrogen and oxygen atoms in total. The van der Waals surface area contributed by atoms with Crippen LogP contribution in [0.4, 0.5) is 0 Å².